The molecule has 1 amide bonds. The van der Waals surface area contributed by atoms with Crippen LogP contribution in [-0.2, 0) is 24.8 Å². The Bertz CT molecular complexity index is 700. The Morgan fingerprint density at radius 3 is 2.33 bits per heavy atom. The number of amides is 1. The normalized spacial score (nSPS) is 15.7. The minimum Gasteiger partial charge on any atom is -0.340 e. The maximum absolute atomic E-state index is 12.6. The Morgan fingerprint density at radius 2 is 1.75 bits per heavy atom. The van der Waals surface area contributed by atoms with Gasteiger partial charge in [-0.2, -0.15) is 5.10 Å². The summed E-state index contributed by atoms with van der Waals surface area (Å²) in [6.07, 6.45) is 0.462. The van der Waals surface area contributed by atoms with Gasteiger partial charge in [-0.1, -0.05) is 30.3 Å². The molecule has 3 rings (SSSR count). The molecule has 1 aliphatic heterocycles. The summed E-state index contributed by atoms with van der Waals surface area (Å²) in [6.45, 7) is 8.46. The molecule has 5 heteroatoms. The van der Waals surface area contributed by atoms with Crippen LogP contribution in [0.1, 0.15) is 22.5 Å². The van der Waals surface area contributed by atoms with Crippen molar-refractivity contribution in [3.8, 4) is 0 Å². The van der Waals surface area contributed by atoms with Gasteiger partial charge in [-0.3, -0.25) is 14.4 Å². The van der Waals surface area contributed by atoms with Gasteiger partial charge in [0.05, 0.1) is 12.1 Å². The Hall–Kier alpha value is -2.14. The predicted octanol–water partition coefficient (Wildman–Crippen LogP) is 1.92. The average molecular weight is 326 g/mol. The summed E-state index contributed by atoms with van der Waals surface area (Å²) in [5, 5.41) is 4.41. The second kappa shape index (κ2) is 7.18. The Labute approximate surface area is 143 Å². The number of hydrogen-bond donors (Lipinski definition) is 0. The lowest BCUT2D eigenvalue weighted by Crippen LogP contribution is -2.48. The summed E-state index contributed by atoms with van der Waals surface area (Å²) < 4.78 is 1.86. The third kappa shape index (κ3) is 3.67. The monoisotopic (exact) mass is 326 g/mol. The standard InChI is InChI=1S/C19H26N4O/c1-15-18(16(2)21(3)20-15)13-19(24)23-11-9-22(10-12-23)14-17-7-5-4-6-8-17/h4-8H,9-14H2,1-3H3. The summed E-state index contributed by atoms with van der Waals surface area (Å²) in [4.78, 5) is 17.0. The van der Waals surface area contributed by atoms with E-state index in [9.17, 15) is 4.79 Å². The van der Waals surface area contributed by atoms with Gasteiger partial charge in [-0.25, -0.2) is 0 Å². The van der Waals surface area contributed by atoms with Crippen LogP contribution in [0.15, 0.2) is 30.3 Å². The number of carbonyl (C=O) groups excluding carboxylic acids is 1. The van der Waals surface area contributed by atoms with Crippen LogP contribution >= 0.6 is 0 Å². The molecule has 1 aliphatic rings. The zero-order valence-corrected chi connectivity index (χ0v) is 14.8. The molecular weight excluding hydrogens is 300 g/mol. The van der Waals surface area contributed by atoms with Gasteiger partial charge in [0.2, 0.25) is 5.91 Å². The maximum atomic E-state index is 12.6. The molecule has 0 unspecified atom stereocenters. The molecule has 0 N–H and O–H groups in total. The Balaban J connectivity index is 1.53. The van der Waals surface area contributed by atoms with Crippen molar-refractivity contribution in [2.45, 2.75) is 26.8 Å². The van der Waals surface area contributed by atoms with Crippen molar-refractivity contribution >= 4 is 5.91 Å². The number of hydrogen-bond acceptors (Lipinski definition) is 3. The van der Waals surface area contributed by atoms with Gasteiger partial charge in [-0.05, 0) is 19.4 Å². The van der Waals surface area contributed by atoms with E-state index >= 15 is 0 Å². The molecule has 0 spiro atoms. The molecule has 0 atom stereocenters. The molecule has 1 aromatic heterocycles. The first-order valence-corrected chi connectivity index (χ1v) is 8.57. The highest BCUT2D eigenvalue weighted by atomic mass is 16.2. The van der Waals surface area contributed by atoms with Gasteiger partial charge in [0, 0.05) is 51.0 Å². The van der Waals surface area contributed by atoms with Gasteiger partial charge >= 0.3 is 0 Å². The van der Waals surface area contributed by atoms with E-state index < -0.39 is 0 Å². The zero-order chi connectivity index (χ0) is 17.1. The van der Waals surface area contributed by atoms with Crippen LogP contribution in [0.3, 0.4) is 0 Å². The SMILES string of the molecule is Cc1nn(C)c(C)c1CC(=O)N1CCN(Cc2ccccc2)CC1. The van der Waals surface area contributed by atoms with Crippen LogP contribution in [0.4, 0.5) is 0 Å². The summed E-state index contributed by atoms with van der Waals surface area (Å²) in [6, 6.07) is 10.5. The molecule has 0 bridgehead atoms. The van der Waals surface area contributed by atoms with Crippen LogP contribution in [0.5, 0.6) is 0 Å². The molecule has 2 heterocycles. The Morgan fingerprint density at radius 1 is 1.08 bits per heavy atom. The van der Waals surface area contributed by atoms with Crippen LogP contribution in [-0.4, -0.2) is 51.7 Å². The molecule has 0 saturated carbocycles. The predicted molar refractivity (Wildman–Crippen MR) is 94.7 cm³/mol. The molecule has 1 fully saturated rings. The number of nitrogens with zero attached hydrogens (tertiary/aromatic N) is 4. The van der Waals surface area contributed by atoms with Crippen LogP contribution in [0.25, 0.3) is 0 Å². The lowest BCUT2D eigenvalue weighted by molar-refractivity contribution is -0.132. The molecular formula is C19H26N4O. The number of carbonyl (C=O) groups is 1. The van der Waals surface area contributed by atoms with E-state index in [2.05, 4.69) is 34.3 Å². The first-order chi connectivity index (χ1) is 11.5. The highest BCUT2D eigenvalue weighted by molar-refractivity contribution is 5.79. The second-order valence-corrected chi connectivity index (χ2v) is 6.59. The largest absolute Gasteiger partial charge is 0.340 e. The lowest BCUT2D eigenvalue weighted by atomic mass is 10.1. The number of aryl methyl sites for hydroxylation is 2. The highest BCUT2D eigenvalue weighted by Crippen LogP contribution is 2.15. The van der Waals surface area contributed by atoms with E-state index in [0.29, 0.717) is 6.42 Å². The van der Waals surface area contributed by atoms with Crippen molar-refractivity contribution in [1.29, 1.82) is 0 Å². The summed E-state index contributed by atoms with van der Waals surface area (Å²) in [5.74, 6) is 0.216. The van der Waals surface area contributed by atoms with Crippen molar-refractivity contribution in [3.63, 3.8) is 0 Å². The van der Waals surface area contributed by atoms with Crippen molar-refractivity contribution in [3.05, 3.63) is 52.8 Å². The van der Waals surface area contributed by atoms with Crippen molar-refractivity contribution in [2.75, 3.05) is 26.2 Å². The highest BCUT2D eigenvalue weighted by Gasteiger charge is 2.23. The summed E-state index contributed by atoms with van der Waals surface area (Å²) >= 11 is 0. The molecule has 128 valence electrons. The van der Waals surface area contributed by atoms with Crippen LogP contribution in [0, 0.1) is 13.8 Å². The van der Waals surface area contributed by atoms with Crippen molar-refractivity contribution < 1.29 is 4.79 Å². The van der Waals surface area contributed by atoms with E-state index in [-0.39, 0.29) is 5.91 Å². The smallest absolute Gasteiger partial charge is 0.227 e. The second-order valence-electron chi connectivity index (χ2n) is 6.59. The Kier molecular flexibility index (Phi) is 5.00. The zero-order valence-electron chi connectivity index (χ0n) is 14.8. The fourth-order valence-electron chi connectivity index (χ4n) is 3.33. The third-order valence-electron chi connectivity index (χ3n) is 4.96. The number of aromatic nitrogens is 2. The first kappa shape index (κ1) is 16.7. The van der Waals surface area contributed by atoms with Gasteiger partial charge in [0.25, 0.3) is 0 Å². The van der Waals surface area contributed by atoms with E-state index in [4.69, 9.17) is 0 Å². The molecule has 0 aliphatic carbocycles. The summed E-state index contributed by atoms with van der Waals surface area (Å²) in [7, 11) is 1.93. The minimum atomic E-state index is 0.216. The molecule has 5 nitrogen and oxygen atoms in total. The van der Waals surface area contributed by atoms with Gasteiger partial charge in [0.1, 0.15) is 0 Å². The quantitative estimate of drug-likeness (QED) is 0.862. The van der Waals surface area contributed by atoms with E-state index in [1.54, 1.807) is 0 Å². The molecule has 2 aromatic rings. The summed E-state index contributed by atoms with van der Waals surface area (Å²) in [5.41, 5.74) is 4.46. The van der Waals surface area contributed by atoms with Gasteiger partial charge in [0.15, 0.2) is 0 Å². The molecule has 0 radical (unpaired) electrons. The van der Waals surface area contributed by atoms with Gasteiger partial charge in [-0.15, -0.1) is 0 Å². The fourth-order valence-corrected chi connectivity index (χ4v) is 3.33. The molecule has 1 saturated heterocycles. The third-order valence-corrected chi connectivity index (χ3v) is 4.96. The topological polar surface area (TPSA) is 41.4 Å². The van der Waals surface area contributed by atoms with E-state index in [0.717, 1.165) is 49.7 Å². The van der Waals surface area contributed by atoms with E-state index in [1.165, 1.54) is 5.56 Å². The maximum Gasteiger partial charge on any atom is 0.227 e. The molecule has 24 heavy (non-hydrogen) atoms. The number of rotatable bonds is 4. The number of benzene rings is 1. The minimum absolute atomic E-state index is 0.216. The van der Waals surface area contributed by atoms with E-state index in [1.807, 2.05) is 36.5 Å². The fraction of sp³-hybridized carbons (Fsp3) is 0.474. The van der Waals surface area contributed by atoms with Crippen molar-refractivity contribution in [1.82, 2.24) is 19.6 Å². The molecule has 1 aromatic carbocycles. The van der Waals surface area contributed by atoms with Crippen LogP contribution in [0.2, 0.25) is 0 Å². The first-order valence-electron chi connectivity index (χ1n) is 8.57. The lowest BCUT2D eigenvalue weighted by Gasteiger charge is -2.34. The average Bonchev–Trinajstić information content (AvgIpc) is 2.83. The van der Waals surface area contributed by atoms with Crippen molar-refractivity contribution in [2.24, 2.45) is 7.05 Å². The van der Waals surface area contributed by atoms with Crippen LogP contribution < -0.4 is 0 Å². The van der Waals surface area contributed by atoms with Gasteiger partial charge < -0.3 is 4.90 Å². The number of piperazine rings is 1.